The lowest BCUT2D eigenvalue weighted by molar-refractivity contribution is -0.120. The van der Waals surface area contributed by atoms with E-state index in [1.807, 2.05) is 0 Å². The van der Waals surface area contributed by atoms with Crippen molar-refractivity contribution in [2.45, 2.75) is 49.4 Å². The lowest BCUT2D eigenvalue weighted by Crippen LogP contribution is -2.32. The maximum atomic E-state index is 12.4. The Balaban J connectivity index is 1.39. The molecule has 2 aliphatic rings. The molecule has 6 heteroatoms. The first-order chi connectivity index (χ1) is 10.7. The quantitative estimate of drug-likeness (QED) is 0.939. The van der Waals surface area contributed by atoms with Gasteiger partial charge in [-0.3, -0.25) is 4.79 Å². The minimum absolute atomic E-state index is 0.0298. The Hall–Kier alpha value is -1.82. The minimum atomic E-state index is -0.0298. The zero-order chi connectivity index (χ0) is 15.1. The first-order valence-electron chi connectivity index (χ1n) is 7.65. The van der Waals surface area contributed by atoms with Crippen molar-refractivity contribution in [1.82, 2.24) is 20.1 Å². The third-order valence-corrected chi connectivity index (χ3v) is 5.60. The highest BCUT2D eigenvalue weighted by Crippen LogP contribution is 2.37. The third-order valence-electron chi connectivity index (χ3n) is 4.30. The molecule has 0 unspecified atom stereocenters. The Morgan fingerprint density at radius 3 is 3.27 bits per heavy atom. The summed E-state index contributed by atoms with van der Waals surface area (Å²) in [4.78, 5) is 13.6. The maximum absolute atomic E-state index is 12.4. The number of rotatable bonds is 3. The molecule has 0 saturated heterocycles. The van der Waals surface area contributed by atoms with Gasteiger partial charge in [0, 0.05) is 17.9 Å². The fourth-order valence-corrected chi connectivity index (χ4v) is 4.42. The summed E-state index contributed by atoms with van der Waals surface area (Å²) in [5, 5.41) is 11.3. The van der Waals surface area contributed by atoms with Crippen LogP contribution in [0, 0.1) is 6.92 Å². The summed E-state index contributed by atoms with van der Waals surface area (Å²) in [6.45, 7) is 3.52. The molecule has 4 rings (SSSR count). The first kappa shape index (κ1) is 13.8. The van der Waals surface area contributed by atoms with Crippen LogP contribution in [0.4, 0.5) is 0 Å². The number of aromatic nitrogens is 3. The Labute approximate surface area is 133 Å². The molecule has 0 radical (unpaired) electrons. The predicted octanol–water partition coefficient (Wildman–Crippen LogP) is 1.87. The van der Waals surface area contributed by atoms with E-state index in [1.165, 1.54) is 16.0 Å². The standard InChI is InChI=1S/C16H18N4OS/c1-10-4-5-11-8-13(22-12(11)7-10)16(21)17-9-15-19-18-14-3-2-6-20(14)15/h4-5,7,13H,2-3,6,8-9H2,1H3,(H,17,21)/t13-/m0/s1. The molecule has 1 aromatic heterocycles. The minimum Gasteiger partial charge on any atom is -0.348 e. The van der Waals surface area contributed by atoms with Crippen molar-refractivity contribution in [3.8, 4) is 0 Å². The second kappa shape index (κ2) is 5.43. The molecule has 0 fully saturated rings. The summed E-state index contributed by atoms with van der Waals surface area (Å²) >= 11 is 1.67. The number of amides is 1. The highest BCUT2D eigenvalue weighted by Gasteiger charge is 2.28. The monoisotopic (exact) mass is 314 g/mol. The summed E-state index contributed by atoms with van der Waals surface area (Å²) in [7, 11) is 0. The Morgan fingerprint density at radius 1 is 1.45 bits per heavy atom. The highest BCUT2D eigenvalue weighted by atomic mass is 32.2. The van der Waals surface area contributed by atoms with Gasteiger partial charge in [0.2, 0.25) is 5.91 Å². The number of hydrogen-bond acceptors (Lipinski definition) is 4. The van der Waals surface area contributed by atoms with E-state index in [-0.39, 0.29) is 11.2 Å². The van der Waals surface area contributed by atoms with Crippen LogP contribution in [-0.2, 0) is 30.7 Å². The van der Waals surface area contributed by atoms with E-state index in [0.717, 1.165) is 37.5 Å². The van der Waals surface area contributed by atoms with Crippen molar-refractivity contribution in [2.75, 3.05) is 0 Å². The average molecular weight is 314 g/mol. The molecule has 22 heavy (non-hydrogen) atoms. The fraction of sp³-hybridized carbons (Fsp3) is 0.438. The SMILES string of the molecule is Cc1ccc2c(c1)S[C@H](C(=O)NCc1nnc3n1CCC3)C2. The number of nitrogens with zero attached hydrogens (tertiary/aromatic N) is 3. The van der Waals surface area contributed by atoms with E-state index >= 15 is 0 Å². The van der Waals surface area contributed by atoms with Gasteiger partial charge in [0.15, 0.2) is 5.82 Å². The van der Waals surface area contributed by atoms with Crippen LogP contribution in [0.2, 0.25) is 0 Å². The van der Waals surface area contributed by atoms with Gasteiger partial charge in [-0.15, -0.1) is 22.0 Å². The van der Waals surface area contributed by atoms with E-state index < -0.39 is 0 Å². The van der Waals surface area contributed by atoms with Crippen LogP contribution in [-0.4, -0.2) is 25.9 Å². The zero-order valence-electron chi connectivity index (χ0n) is 12.5. The van der Waals surface area contributed by atoms with E-state index in [0.29, 0.717) is 6.54 Å². The van der Waals surface area contributed by atoms with Gasteiger partial charge in [0.25, 0.3) is 0 Å². The Morgan fingerprint density at radius 2 is 2.36 bits per heavy atom. The highest BCUT2D eigenvalue weighted by molar-refractivity contribution is 8.01. The number of fused-ring (bicyclic) bond motifs is 2. The number of aryl methyl sites for hydroxylation is 2. The molecule has 0 spiro atoms. The van der Waals surface area contributed by atoms with Crippen LogP contribution >= 0.6 is 11.8 Å². The zero-order valence-corrected chi connectivity index (χ0v) is 13.3. The number of carbonyl (C=O) groups is 1. The molecular weight excluding hydrogens is 296 g/mol. The van der Waals surface area contributed by atoms with Crippen molar-refractivity contribution < 1.29 is 4.79 Å². The van der Waals surface area contributed by atoms with Crippen molar-refractivity contribution >= 4 is 17.7 Å². The fourth-order valence-electron chi connectivity index (χ4n) is 3.10. The summed E-state index contributed by atoms with van der Waals surface area (Å²) in [5.41, 5.74) is 2.52. The largest absolute Gasteiger partial charge is 0.348 e. The third kappa shape index (κ3) is 2.41. The number of benzene rings is 1. The van der Waals surface area contributed by atoms with E-state index in [2.05, 4.69) is 45.2 Å². The van der Waals surface area contributed by atoms with Gasteiger partial charge < -0.3 is 9.88 Å². The first-order valence-corrected chi connectivity index (χ1v) is 8.53. The van der Waals surface area contributed by atoms with Gasteiger partial charge in [-0.05, 0) is 31.4 Å². The Kier molecular flexibility index (Phi) is 3.41. The molecule has 2 aromatic rings. The van der Waals surface area contributed by atoms with Gasteiger partial charge >= 0.3 is 0 Å². The van der Waals surface area contributed by atoms with E-state index in [1.54, 1.807) is 11.8 Å². The average Bonchev–Trinajstić information content (AvgIpc) is 3.19. The topological polar surface area (TPSA) is 59.8 Å². The molecule has 2 aliphatic heterocycles. The summed E-state index contributed by atoms with van der Waals surface area (Å²) in [6, 6.07) is 6.41. The molecule has 114 valence electrons. The van der Waals surface area contributed by atoms with Crippen LogP contribution in [0.25, 0.3) is 0 Å². The van der Waals surface area contributed by atoms with Gasteiger partial charge in [0.1, 0.15) is 5.82 Å². The molecular formula is C16H18N4OS. The van der Waals surface area contributed by atoms with Crippen molar-refractivity contribution in [3.05, 3.63) is 41.0 Å². The summed E-state index contributed by atoms with van der Waals surface area (Å²) in [6.07, 6.45) is 2.93. The van der Waals surface area contributed by atoms with Crippen molar-refractivity contribution in [1.29, 1.82) is 0 Å². The van der Waals surface area contributed by atoms with Gasteiger partial charge in [-0.1, -0.05) is 17.7 Å². The maximum Gasteiger partial charge on any atom is 0.234 e. The van der Waals surface area contributed by atoms with Crippen LogP contribution in [0.3, 0.4) is 0 Å². The molecule has 0 bridgehead atoms. The van der Waals surface area contributed by atoms with Gasteiger partial charge in [-0.25, -0.2) is 0 Å². The molecule has 3 heterocycles. The molecule has 0 aliphatic carbocycles. The second-order valence-corrected chi connectivity index (χ2v) is 7.17. The number of thioether (sulfide) groups is 1. The van der Waals surface area contributed by atoms with Crippen molar-refractivity contribution in [2.24, 2.45) is 0 Å². The number of nitrogens with one attached hydrogen (secondary N) is 1. The molecule has 1 atom stereocenters. The van der Waals surface area contributed by atoms with Crippen LogP contribution in [0.5, 0.6) is 0 Å². The second-order valence-electron chi connectivity index (χ2n) is 5.93. The molecule has 1 amide bonds. The summed E-state index contributed by atoms with van der Waals surface area (Å²) < 4.78 is 2.13. The number of carbonyl (C=O) groups excluding carboxylic acids is 1. The Bertz CT molecular complexity index is 740. The summed E-state index contributed by atoms with van der Waals surface area (Å²) in [5.74, 6) is 2.01. The smallest absolute Gasteiger partial charge is 0.234 e. The van der Waals surface area contributed by atoms with Gasteiger partial charge in [0.05, 0.1) is 11.8 Å². The van der Waals surface area contributed by atoms with Crippen LogP contribution < -0.4 is 5.32 Å². The lowest BCUT2D eigenvalue weighted by atomic mass is 10.1. The van der Waals surface area contributed by atoms with E-state index in [4.69, 9.17) is 0 Å². The normalized spacial score (nSPS) is 19.0. The molecule has 0 saturated carbocycles. The molecule has 1 aromatic carbocycles. The van der Waals surface area contributed by atoms with Crippen molar-refractivity contribution in [3.63, 3.8) is 0 Å². The van der Waals surface area contributed by atoms with Gasteiger partial charge in [-0.2, -0.15) is 0 Å². The van der Waals surface area contributed by atoms with Crippen LogP contribution in [0.15, 0.2) is 23.1 Å². The van der Waals surface area contributed by atoms with Crippen LogP contribution in [0.1, 0.15) is 29.2 Å². The predicted molar refractivity (Wildman–Crippen MR) is 84.7 cm³/mol. The lowest BCUT2D eigenvalue weighted by Gasteiger charge is -2.10. The molecule has 1 N–H and O–H groups in total. The molecule has 5 nitrogen and oxygen atoms in total. The van der Waals surface area contributed by atoms with E-state index in [9.17, 15) is 4.79 Å². The number of hydrogen-bond donors (Lipinski definition) is 1.